The van der Waals surface area contributed by atoms with E-state index in [2.05, 4.69) is 49.8 Å². The number of hydrogen-bond acceptors (Lipinski definition) is 6. The molecule has 8 nitrogen and oxygen atoms in total. The van der Waals surface area contributed by atoms with Gasteiger partial charge < -0.3 is 25.5 Å². The Bertz CT molecular complexity index is 1330. The molecule has 0 saturated heterocycles. The van der Waals surface area contributed by atoms with Gasteiger partial charge in [-0.05, 0) is 84.2 Å². The van der Waals surface area contributed by atoms with Crippen molar-refractivity contribution >= 4 is 17.6 Å². The van der Waals surface area contributed by atoms with Crippen LogP contribution in [0, 0.1) is 17.2 Å². The molecule has 0 heterocycles. The highest BCUT2D eigenvalue weighted by molar-refractivity contribution is 5.95. The smallest absolute Gasteiger partial charge is 0.318 e. The van der Waals surface area contributed by atoms with Gasteiger partial charge in [-0.2, -0.15) is 5.26 Å². The maximum atomic E-state index is 13.5. The normalized spacial score (nSPS) is 16.9. The van der Waals surface area contributed by atoms with Gasteiger partial charge in [-0.3, -0.25) is 9.59 Å². The van der Waals surface area contributed by atoms with Gasteiger partial charge in [-0.25, -0.2) is 0 Å². The van der Waals surface area contributed by atoms with Crippen LogP contribution in [-0.2, 0) is 23.1 Å². The molecule has 2 unspecified atom stereocenters. The summed E-state index contributed by atoms with van der Waals surface area (Å²) in [5.41, 5.74) is 5.01. The van der Waals surface area contributed by atoms with Gasteiger partial charge in [0.25, 0.3) is 5.91 Å². The summed E-state index contributed by atoms with van der Waals surface area (Å²) in [7, 11) is 7.29. The van der Waals surface area contributed by atoms with E-state index in [-0.39, 0.29) is 11.9 Å². The number of carboxylic acid groups (broad SMARTS) is 1. The molecule has 2 aromatic rings. The molecule has 1 aliphatic carbocycles. The second kappa shape index (κ2) is 14.4. The predicted octanol–water partition coefficient (Wildman–Crippen LogP) is 4.80. The Hall–Kier alpha value is -4.09. The molecule has 0 aliphatic heterocycles. The minimum absolute atomic E-state index is 0.119. The van der Waals surface area contributed by atoms with Crippen molar-refractivity contribution in [3.8, 4) is 6.07 Å². The highest BCUT2D eigenvalue weighted by Crippen LogP contribution is 2.43. The van der Waals surface area contributed by atoms with Crippen LogP contribution in [-0.4, -0.2) is 74.1 Å². The summed E-state index contributed by atoms with van der Waals surface area (Å²) in [5.74, 6) is -0.626. The zero-order valence-electron chi connectivity index (χ0n) is 26.6. The van der Waals surface area contributed by atoms with Crippen LogP contribution in [0.5, 0.6) is 0 Å². The van der Waals surface area contributed by atoms with Crippen molar-refractivity contribution in [2.75, 3.05) is 41.3 Å². The first-order valence-corrected chi connectivity index (χ1v) is 15.0. The molecule has 3 atom stereocenters. The Morgan fingerprint density at radius 2 is 1.60 bits per heavy atom. The fourth-order valence-electron chi connectivity index (χ4n) is 5.81. The standard InChI is InChI=1S/C35H47N5O3/c1-9-23(2)18-30(21-36)38-24(3)22-37-17-16-35(34(42)43)31-14-12-26(25(4)39(5)6)19-27(31)10-11-28-20-29(13-15-32(28)35)33(41)40(7)8/h12-15,19-20,23,30,37-38H,3-4,9-11,16-18,22H2,1-2,5-8H3,(H,42,43)/t23-,30?,35?/m0/s1. The molecule has 0 saturated carbocycles. The van der Waals surface area contributed by atoms with E-state index < -0.39 is 11.4 Å². The highest BCUT2D eigenvalue weighted by Gasteiger charge is 2.46. The number of nitrogens with zero attached hydrogens (tertiary/aromatic N) is 3. The van der Waals surface area contributed by atoms with E-state index in [9.17, 15) is 20.0 Å². The average Bonchev–Trinajstić information content (AvgIpc) is 3.12. The summed E-state index contributed by atoms with van der Waals surface area (Å²) in [5, 5.41) is 27.2. The lowest BCUT2D eigenvalue weighted by molar-refractivity contribution is -0.142. The maximum absolute atomic E-state index is 13.5. The summed E-state index contributed by atoms with van der Waals surface area (Å²) < 4.78 is 0. The minimum Gasteiger partial charge on any atom is -0.480 e. The second-order valence-electron chi connectivity index (χ2n) is 12.1. The van der Waals surface area contributed by atoms with E-state index in [1.54, 1.807) is 20.2 Å². The molecule has 0 radical (unpaired) electrons. The molecule has 3 rings (SSSR count). The van der Waals surface area contributed by atoms with Crippen molar-refractivity contribution in [3.05, 3.63) is 88.6 Å². The third kappa shape index (κ3) is 7.47. The number of nitrogens with one attached hydrogen (secondary N) is 2. The van der Waals surface area contributed by atoms with Gasteiger partial charge in [-0.1, -0.05) is 51.6 Å². The van der Waals surface area contributed by atoms with Crippen LogP contribution in [0.15, 0.2) is 55.3 Å². The highest BCUT2D eigenvalue weighted by atomic mass is 16.4. The molecular weight excluding hydrogens is 538 g/mol. The summed E-state index contributed by atoms with van der Waals surface area (Å²) in [6, 6.07) is 13.4. The van der Waals surface area contributed by atoms with Crippen LogP contribution in [0.25, 0.3) is 5.70 Å². The van der Waals surface area contributed by atoms with Gasteiger partial charge in [0, 0.05) is 51.7 Å². The predicted molar refractivity (Wildman–Crippen MR) is 173 cm³/mol. The minimum atomic E-state index is -1.33. The summed E-state index contributed by atoms with van der Waals surface area (Å²) in [6.07, 6.45) is 3.29. The van der Waals surface area contributed by atoms with Crippen molar-refractivity contribution in [2.24, 2.45) is 5.92 Å². The SMILES string of the molecule is C=C(CNCCC1(C(=O)O)c2ccc(C(=C)N(C)C)cc2CCc2cc(C(=O)N(C)C)ccc21)NC(C#N)C[C@@H](C)CC. The number of amides is 1. The number of nitriles is 1. The lowest BCUT2D eigenvalue weighted by Gasteiger charge is -2.33. The molecule has 1 aliphatic rings. The van der Waals surface area contributed by atoms with Crippen LogP contribution >= 0.6 is 0 Å². The van der Waals surface area contributed by atoms with E-state index in [0.29, 0.717) is 55.1 Å². The number of carboxylic acids is 1. The Morgan fingerprint density at radius 3 is 2.12 bits per heavy atom. The largest absolute Gasteiger partial charge is 0.480 e. The number of carbonyl (C=O) groups is 2. The Labute approximate surface area is 257 Å². The lowest BCUT2D eigenvalue weighted by Crippen LogP contribution is -2.41. The number of aliphatic carboxylic acids is 1. The fraction of sp³-hybridized carbons (Fsp3) is 0.457. The molecule has 3 N–H and O–H groups in total. The second-order valence-corrected chi connectivity index (χ2v) is 12.1. The Balaban J connectivity index is 1.97. The molecular formula is C35H47N5O3. The first-order valence-electron chi connectivity index (χ1n) is 15.0. The number of hydrogen-bond donors (Lipinski definition) is 3. The van der Waals surface area contributed by atoms with Crippen LogP contribution in [0.4, 0.5) is 0 Å². The molecule has 1 amide bonds. The van der Waals surface area contributed by atoms with Crippen LogP contribution in [0.2, 0.25) is 0 Å². The van der Waals surface area contributed by atoms with Crippen molar-refractivity contribution in [1.29, 1.82) is 5.26 Å². The van der Waals surface area contributed by atoms with Crippen molar-refractivity contribution in [1.82, 2.24) is 20.4 Å². The topological polar surface area (TPSA) is 109 Å². The van der Waals surface area contributed by atoms with E-state index in [1.165, 1.54) is 4.90 Å². The lowest BCUT2D eigenvalue weighted by atomic mass is 9.69. The zero-order chi connectivity index (χ0) is 31.9. The van der Waals surface area contributed by atoms with Gasteiger partial charge >= 0.3 is 5.97 Å². The molecule has 43 heavy (non-hydrogen) atoms. The van der Waals surface area contributed by atoms with Crippen LogP contribution in [0.1, 0.15) is 71.3 Å². The molecule has 8 heteroatoms. The number of aryl methyl sites for hydroxylation is 2. The monoisotopic (exact) mass is 585 g/mol. The Kier molecular flexibility index (Phi) is 11.2. The van der Waals surface area contributed by atoms with E-state index >= 15 is 0 Å². The van der Waals surface area contributed by atoms with Crippen molar-refractivity contribution in [2.45, 2.75) is 57.4 Å². The number of benzene rings is 2. The van der Waals surface area contributed by atoms with Crippen molar-refractivity contribution in [3.63, 3.8) is 0 Å². The zero-order valence-corrected chi connectivity index (χ0v) is 26.6. The third-order valence-corrected chi connectivity index (χ3v) is 8.57. The van der Waals surface area contributed by atoms with E-state index in [0.717, 1.165) is 40.8 Å². The Morgan fingerprint density at radius 1 is 1.02 bits per heavy atom. The van der Waals surface area contributed by atoms with Crippen LogP contribution < -0.4 is 10.6 Å². The molecule has 2 aromatic carbocycles. The van der Waals surface area contributed by atoms with Gasteiger partial charge in [0.2, 0.25) is 0 Å². The van der Waals surface area contributed by atoms with Gasteiger partial charge in [-0.15, -0.1) is 0 Å². The third-order valence-electron chi connectivity index (χ3n) is 8.57. The molecule has 0 bridgehead atoms. The van der Waals surface area contributed by atoms with Crippen LogP contribution in [0.3, 0.4) is 0 Å². The summed E-state index contributed by atoms with van der Waals surface area (Å²) in [6.45, 7) is 13.3. The molecule has 230 valence electrons. The number of fused-ring (bicyclic) bond motifs is 2. The van der Waals surface area contributed by atoms with E-state index in [4.69, 9.17) is 0 Å². The van der Waals surface area contributed by atoms with E-state index in [1.807, 2.05) is 43.3 Å². The molecule has 0 spiro atoms. The number of carbonyl (C=O) groups excluding carboxylic acids is 1. The maximum Gasteiger partial charge on any atom is 0.318 e. The van der Waals surface area contributed by atoms with Gasteiger partial charge in [0.15, 0.2) is 0 Å². The van der Waals surface area contributed by atoms with Crippen molar-refractivity contribution < 1.29 is 14.7 Å². The fourth-order valence-corrected chi connectivity index (χ4v) is 5.81. The van der Waals surface area contributed by atoms with Gasteiger partial charge in [0.1, 0.15) is 11.5 Å². The summed E-state index contributed by atoms with van der Waals surface area (Å²) >= 11 is 0. The average molecular weight is 586 g/mol. The summed E-state index contributed by atoms with van der Waals surface area (Å²) in [4.78, 5) is 29.7. The quantitative estimate of drug-likeness (QED) is 0.273. The number of rotatable bonds is 14. The first-order chi connectivity index (χ1) is 20.3. The molecule has 0 aromatic heterocycles. The van der Waals surface area contributed by atoms with Gasteiger partial charge in [0.05, 0.1) is 6.07 Å². The molecule has 0 fully saturated rings. The first kappa shape index (κ1) is 33.4.